The van der Waals surface area contributed by atoms with Gasteiger partial charge in [0.05, 0.1) is 0 Å². The molecule has 0 N–H and O–H groups in total. The molecule has 0 radical (unpaired) electrons. The van der Waals surface area contributed by atoms with Gasteiger partial charge in [-0.25, -0.2) is 0 Å². The summed E-state index contributed by atoms with van der Waals surface area (Å²) in [5.41, 5.74) is 0.491. The van der Waals surface area contributed by atoms with E-state index in [2.05, 4.69) is 25.7 Å². The largest absolute Gasteiger partial charge is 0.342 e. The minimum atomic E-state index is 0.241. The van der Waals surface area contributed by atoms with Crippen molar-refractivity contribution >= 4 is 12.2 Å². The molecule has 0 aromatic carbocycles. The molecule has 2 aliphatic carbocycles. The molecule has 136 valence electrons. The zero-order valence-corrected chi connectivity index (χ0v) is 16.0. The SMILES string of the molecule is CCC[C@H]1N(C)C(=O)CCC1(C)C1CCC2(C)C(C=O)CCC2C1. The standard InChI is InChI=1S/C21H35NO2/c1-5-6-18-21(3,12-10-19(24)22(18)4)16-9-11-20(2)15(13-16)7-8-17(20)14-23/h14-18H,5-13H2,1-4H3/t15?,16?,17?,18-,20?,21?/m1/s1. The molecule has 1 heterocycles. The summed E-state index contributed by atoms with van der Waals surface area (Å²) in [5, 5.41) is 0. The zero-order chi connectivity index (χ0) is 17.5. The summed E-state index contributed by atoms with van der Waals surface area (Å²) in [5.74, 6) is 2.01. The van der Waals surface area contributed by atoms with E-state index in [0.29, 0.717) is 30.2 Å². The van der Waals surface area contributed by atoms with Gasteiger partial charge in [0.15, 0.2) is 0 Å². The van der Waals surface area contributed by atoms with Gasteiger partial charge in [-0.1, -0.05) is 27.2 Å². The molecule has 3 fully saturated rings. The fraction of sp³-hybridized carbons (Fsp3) is 0.905. The average Bonchev–Trinajstić information content (AvgIpc) is 2.90. The molecule has 0 aromatic heterocycles. The number of carbonyl (C=O) groups is 2. The fourth-order valence-corrected chi connectivity index (χ4v) is 6.50. The lowest BCUT2D eigenvalue weighted by Crippen LogP contribution is -2.56. The van der Waals surface area contributed by atoms with Crippen LogP contribution in [0.5, 0.6) is 0 Å². The maximum Gasteiger partial charge on any atom is 0.222 e. The van der Waals surface area contributed by atoms with Gasteiger partial charge in [0.1, 0.15) is 6.29 Å². The second-order valence-electron chi connectivity index (χ2n) is 9.31. The first-order chi connectivity index (χ1) is 11.4. The molecule has 1 amide bonds. The second kappa shape index (κ2) is 6.46. The number of nitrogens with zero attached hydrogens (tertiary/aromatic N) is 1. The molecular formula is C21H35NO2. The highest BCUT2D eigenvalue weighted by Crippen LogP contribution is 2.60. The van der Waals surface area contributed by atoms with Gasteiger partial charge in [-0.15, -0.1) is 0 Å². The van der Waals surface area contributed by atoms with E-state index in [1.54, 1.807) is 0 Å². The van der Waals surface area contributed by atoms with Gasteiger partial charge in [0, 0.05) is 25.4 Å². The Kier molecular flexibility index (Phi) is 4.83. The molecule has 2 saturated carbocycles. The van der Waals surface area contributed by atoms with Gasteiger partial charge in [-0.05, 0) is 67.6 Å². The fourth-order valence-electron chi connectivity index (χ4n) is 6.50. The van der Waals surface area contributed by atoms with E-state index in [0.717, 1.165) is 25.7 Å². The Labute approximate surface area is 147 Å². The maximum atomic E-state index is 12.3. The van der Waals surface area contributed by atoms with Crippen molar-refractivity contribution in [3.63, 3.8) is 0 Å². The van der Waals surface area contributed by atoms with Crippen molar-refractivity contribution in [3.05, 3.63) is 0 Å². The van der Waals surface area contributed by atoms with E-state index in [1.165, 1.54) is 32.0 Å². The zero-order valence-electron chi connectivity index (χ0n) is 16.0. The molecule has 6 atom stereocenters. The number of piperidine rings is 1. The van der Waals surface area contributed by atoms with Crippen molar-refractivity contribution < 1.29 is 9.59 Å². The van der Waals surface area contributed by atoms with Crippen molar-refractivity contribution in [2.75, 3.05) is 7.05 Å². The van der Waals surface area contributed by atoms with E-state index in [4.69, 9.17) is 0 Å². The van der Waals surface area contributed by atoms with Gasteiger partial charge < -0.3 is 9.69 Å². The molecule has 3 nitrogen and oxygen atoms in total. The topological polar surface area (TPSA) is 37.4 Å². The van der Waals surface area contributed by atoms with Gasteiger partial charge >= 0.3 is 0 Å². The van der Waals surface area contributed by atoms with Crippen LogP contribution in [0.25, 0.3) is 0 Å². The Morgan fingerprint density at radius 3 is 2.50 bits per heavy atom. The second-order valence-corrected chi connectivity index (χ2v) is 9.31. The van der Waals surface area contributed by atoms with Crippen LogP contribution < -0.4 is 0 Å². The predicted molar refractivity (Wildman–Crippen MR) is 96.5 cm³/mol. The smallest absolute Gasteiger partial charge is 0.222 e. The molecule has 0 aromatic rings. The highest BCUT2D eigenvalue weighted by Gasteiger charge is 2.54. The first-order valence-electron chi connectivity index (χ1n) is 10.1. The Morgan fingerprint density at radius 2 is 1.83 bits per heavy atom. The lowest BCUT2D eigenvalue weighted by atomic mass is 9.54. The summed E-state index contributed by atoms with van der Waals surface area (Å²) < 4.78 is 0. The summed E-state index contributed by atoms with van der Waals surface area (Å²) in [6, 6.07) is 0.390. The molecule has 1 saturated heterocycles. The predicted octanol–water partition coefficient (Wildman–Crippen LogP) is 4.45. The van der Waals surface area contributed by atoms with Crippen molar-refractivity contribution in [1.29, 1.82) is 0 Å². The Balaban J connectivity index is 1.81. The maximum absolute atomic E-state index is 12.3. The third kappa shape index (κ3) is 2.63. The quantitative estimate of drug-likeness (QED) is 0.713. The molecule has 3 aliphatic rings. The van der Waals surface area contributed by atoms with Gasteiger partial charge in [-0.3, -0.25) is 4.79 Å². The van der Waals surface area contributed by atoms with Crippen molar-refractivity contribution in [2.45, 2.75) is 84.6 Å². The monoisotopic (exact) mass is 333 g/mol. The molecular weight excluding hydrogens is 298 g/mol. The highest BCUT2D eigenvalue weighted by atomic mass is 16.2. The van der Waals surface area contributed by atoms with Crippen LogP contribution in [0, 0.1) is 28.6 Å². The van der Waals surface area contributed by atoms with E-state index >= 15 is 0 Å². The molecule has 3 heteroatoms. The number of carbonyl (C=O) groups excluding carboxylic acids is 2. The third-order valence-corrected chi connectivity index (χ3v) is 8.37. The Morgan fingerprint density at radius 1 is 1.12 bits per heavy atom. The van der Waals surface area contributed by atoms with E-state index < -0.39 is 0 Å². The van der Waals surface area contributed by atoms with Crippen LogP contribution in [0.4, 0.5) is 0 Å². The summed E-state index contributed by atoms with van der Waals surface area (Å²) >= 11 is 0. The summed E-state index contributed by atoms with van der Waals surface area (Å²) in [6.45, 7) is 7.05. The molecule has 24 heavy (non-hydrogen) atoms. The highest BCUT2D eigenvalue weighted by molar-refractivity contribution is 5.77. The van der Waals surface area contributed by atoms with Gasteiger partial charge in [0.2, 0.25) is 5.91 Å². The van der Waals surface area contributed by atoms with E-state index in [9.17, 15) is 9.59 Å². The van der Waals surface area contributed by atoms with Crippen LogP contribution in [0.15, 0.2) is 0 Å². The lowest BCUT2D eigenvalue weighted by Gasteiger charge is -2.55. The molecule has 5 unspecified atom stereocenters. The van der Waals surface area contributed by atoms with Gasteiger partial charge in [-0.2, -0.15) is 0 Å². The normalized spacial score (nSPS) is 46.0. The van der Waals surface area contributed by atoms with Crippen LogP contribution in [-0.4, -0.2) is 30.2 Å². The van der Waals surface area contributed by atoms with E-state index in [1.807, 2.05) is 7.05 Å². The first-order valence-corrected chi connectivity index (χ1v) is 10.1. The summed E-state index contributed by atoms with van der Waals surface area (Å²) in [7, 11) is 2.02. The Bertz CT molecular complexity index is 504. The summed E-state index contributed by atoms with van der Waals surface area (Å²) in [4.78, 5) is 25.8. The van der Waals surface area contributed by atoms with E-state index in [-0.39, 0.29) is 16.7 Å². The van der Waals surface area contributed by atoms with Crippen molar-refractivity contribution in [2.24, 2.45) is 28.6 Å². The van der Waals surface area contributed by atoms with Crippen LogP contribution in [0.1, 0.15) is 78.6 Å². The van der Waals surface area contributed by atoms with Crippen molar-refractivity contribution in [3.8, 4) is 0 Å². The van der Waals surface area contributed by atoms with Gasteiger partial charge in [0.25, 0.3) is 0 Å². The molecule has 0 spiro atoms. The first kappa shape index (κ1) is 17.9. The number of amides is 1. The number of fused-ring (bicyclic) bond motifs is 1. The molecule has 3 rings (SSSR count). The number of hydrogen-bond donors (Lipinski definition) is 0. The third-order valence-electron chi connectivity index (χ3n) is 8.37. The van der Waals surface area contributed by atoms with Crippen LogP contribution >= 0.6 is 0 Å². The lowest BCUT2D eigenvalue weighted by molar-refractivity contribution is -0.146. The minimum Gasteiger partial charge on any atom is -0.342 e. The minimum absolute atomic E-state index is 0.241. The number of hydrogen-bond acceptors (Lipinski definition) is 2. The Hall–Kier alpha value is -0.860. The number of rotatable bonds is 4. The van der Waals surface area contributed by atoms with Crippen LogP contribution in [-0.2, 0) is 9.59 Å². The van der Waals surface area contributed by atoms with Crippen molar-refractivity contribution in [1.82, 2.24) is 4.90 Å². The average molecular weight is 334 g/mol. The van der Waals surface area contributed by atoms with Crippen LogP contribution in [0.3, 0.4) is 0 Å². The molecule has 0 bridgehead atoms. The number of likely N-dealkylation sites (tertiary alicyclic amines) is 1. The molecule has 1 aliphatic heterocycles. The van der Waals surface area contributed by atoms with Crippen LogP contribution in [0.2, 0.25) is 0 Å². The number of aldehydes is 1. The summed E-state index contributed by atoms with van der Waals surface area (Å²) in [6.07, 6.45) is 11.2.